The number of aryl methyl sites for hydroxylation is 1. The van der Waals surface area contributed by atoms with Crippen molar-refractivity contribution in [2.75, 3.05) is 0 Å². The van der Waals surface area contributed by atoms with E-state index in [9.17, 15) is 19.2 Å². The lowest BCUT2D eigenvalue weighted by atomic mass is 10.0. The van der Waals surface area contributed by atoms with E-state index < -0.39 is 11.9 Å². The number of piperidine rings is 1. The van der Waals surface area contributed by atoms with Gasteiger partial charge in [0, 0.05) is 19.9 Å². The first-order valence-electron chi connectivity index (χ1n) is 7.97. The van der Waals surface area contributed by atoms with Gasteiger partial charge in [-0.2, -0.15) is 0 Å². The Kier molecular flexibility index (Phi) is 4.35. The first-order chi connectivity index (χ1) is 11.9. The van der Waals surface area contributed by atoms with Crippen molar-refractivity contribution in [1.29, 1.82) is 0 Å². The summed E-state index contributed by atoms with van der Waals surface area (Å²) in [5, 5.41) is 5.30. The Balaban J connectivity index is 2.15. The Morgan fingerprint density at radius 2 is 2.12 bits per heavy atom. The molecule has 0 spiro atoms. The van der Waals surface area contributed by atoms with Crippen molar-refractivity contribution >= 4 is 28.6 Å². The molecule has 1 aliphatic heterocycles. The minimum absolute atomic E-state index is 0.174. The van der Waals surface area contributed by atoms with E-state index in [1.165, 1.54) is 11.5 Å². The van der Waals surface area contributed by atoms with Crippen molar-refractivity contribution in [1.82, 2.24) is 20.2 Å². The van der Waals surface area contributed by atoms with Gasteiger partial charge in [0.1, 0.15) is 11.9 Å². The molecule has 1 saturated heterocycles. The summed E-state index contributed by atoms with van der Waals surface area (Å²) in [4.78, 5) is 52.2. The molecule has 8 heteroatoms. The molecule has 130 valence electrons. The third kappa shape index (κ3) is 3.15. The van der Waals surface area contributed by atoms with Crippen LogP contribution in [0.3, 0.4) is 0 Å². The third-order valence-corrected chi connectivity index (χ3v) is 4.24. The number of hydrogen-bond acceptors (Lipinski definition) is 5. The average molecular weight is 342 g/mol. The Morgan fingerprint density at radius 1 is 1.36 bits per heavy atom. The summed E-state index contributed by atoms with van der Waals surface area (Å²) in [7, 11) is 0. The highest BCUT2D eigenvalue weighted by atomic mass is 16.2. The van der Waals surface area contributed by atoms with E-state index in [0.29, 0.717) is 22.3 Å². The van der Waals surface area contributed by atoms with Gasteiger partial charge in [0.05, 0.1) is 10.9 Å². The highest BCUT2D eigenvalue weighted by Gasteiger charge is 2.30. The highest BCUT2D eigenvalue weighted by Crippen LogP contribution is 2.21. The van der Waals surface area contributed by atoms with Crippen LogP contribution in [0.5, 0.6) is 0 Å². The van der Waals surface area contributed by atoms with Gasteiger partial charge in [-0.15, -0.1) is 0 Å². The lowest BCUT2D eigenvalue weighted by Crippen LogP contribution is -2.45. The second-order valence-electron chi connectivity index (χ2n) is 6.02. The molecule has 2 N–H and O–H groups in total. The zero-order valence-electron chi connectivity index (χ0n) is 14.0. The van der Waals surface area contributed by atoms with Crippen molar-refractivity contribution in [3.8, 4) is 0 Å². The van der Waals surface area contributed by atoms with Gasteiger partial charge in [0.15, 0.2) is 0 Å². The number of nitrogens with one attached hydrogen (secondary N) is 2. The summed E-state index contributed by atoms with van der Waals surface area (Å²) in [6, 6.07) is 4.46. The molecule has 25 heavy (non-hydrogen) atoms. The van der Waals surface area contributed by atoms with Crippen LogP contribution in [-0.4, -0.2) is 27.3 Å². The molecule has 0 radical (unpaired) electrons. The summed E-state index contributed by atoms with van der Waals surface area (Å²) >= 11 is 0. The maximum absolute atomic E-state index is 13.1. The number of aromatic nitrogens is 2. The van der Waals surface area contributed by atoms with E-state index in [-0.39, 0.29) is 36.8 Å². The maximum Gasteiger partial charge on any atom is 0.262 e. The van der Waals surface area contributed by atoms with Crippen molar-refractivity contribution in [2.45, 2.75) is 39.3 Å². The quantitative estimate of drug-likeness (QED) is 0.781. The van der Waals surface area contributed by atoms with Crippen LogP contribution in [0.2, 0.25) is 0 Å². The SMILES string of the molecule is CC(=O)NCc1cccc2nc(C)n(C3CCC(=O)NC3=O)c(=O)c12. The number of rotatable bonds is 3. The first-order valence-corrected chi connectivity index (χ1v) is 7.97. The predicted molar refractivity (Wildman–Crippen MR) is 89.7 cm³/mol. The van der Waals surface area contributed by atoms with Crippen LogP contribution in [0, 0.1) is 6.92 Å². The molecule has 1 aliphatic rings. The number of benzene rings is 1. The van der Waals surface area contributed by atoms with E-state index in [1.54, 1.807) is 25.1 Å². The smallest absolute Gasteiger partial charge is 0.262 e. The molecule has 0 bridgehead atoms. The topological polar surface area (TPSA) is 110 Å². The van der Waals surface area contributed by atoms with E-state index in [0.717, 1.165) is 0 Å². The Bertz CT molecular complexity index is 948. The zero-order chi connectivity index (χ0) is 18.1. The van der Waals surface area contributed by atoms with Crippen LogP contribution >= 0.6 is 0 Å². The molecule has 0 aliphatic carbocycles. The van der Waals surface area contributed by atoms with Gasteiger partial charge in [-0.25, -0.2) is 4.98 Å². The van der Waals surface area contributed by atoms with Gasteiger partial charge >= 0.3 is 0 Å². The summed E-state index contributed by atoms with van der Waals surface area (Å²) in [6.45, 7) is 3.25. The second kappa shape index (κ2) is 6.46. The summed E-state index contributed by atoms with van der Waals surface area (Å²) < 4.78 is 1.33. The molecule has 3 rings (SSSR count). The van der Waals surface area contributed by atoms with Crippen LogP contribution in [-0.2, 0) is 20.9 Å². The lowest BCUT2D eigenvalue weighted by molar-refractivity contribution is -0.135. The molecule has 8 nitrogen and oxygen atoms in total. The standard InChI is InChI=1S/C17H18N4O4/c1-9-19-12-5-3-4-11(8-18-10(2)22)15(12)17(25)21(9)13-6-7-14(23)20-16(13)24/h3-5,13H,6-8H2,1-2H3,(H,18,22)(H,20,23,24). The van der Waals surface area contributed by atoms with Crippen LogP contribution in [0.15, 0.2) is 23.0 Å². The second-order valence-corrected chi connectivity index (χ2v) is 6.02. The minimum Gasteiger partial charge on any atom is -0.352 e. The van der Waals surface area contributed by atoms with Gasteiger partial charge in [0.25, 0.3) is 5.56 Å². The van der Waals surface area contributed by atoms with Gasteiger partial charge in [-0.05, 0) is 25.0 Å². The van der Waals surface area contributed by atoms with E-state index >= 15 is 0 Å². The number of nitrogens with zero attached hydrogens (tertiary/aromatic N) is 2. The van der Waals surface area contributed by atoms with Crippen LogP contribution < -0.4 is 16.2 Å². The Labute approximate surface area is 143 Å². The van der Waals surface area contributed by atoms with Crippen molar-refractivity contribution < 1.29 is 14.4 Å². The molecular weight excluding hydrogens is 324 g/mol. The third-order valence-electron chi connectivity index (χ3n) is 4.24. The predicted octanol–water partition coefficient (Wildman–Crippen LogP) is 0.319. The van der Waals surface area contributed by atoms with E-state index in [4.69, 9.17) is 0 Å². The van der Waals surface area contributed by atoms with E-state index in [1.807, 2.05) is 0 Å². The summed E-state index contributed by atoms with van der Waals surface area (Å²) in [5.74, 6) is -0.639. The normalized spacial score (nSPS) is 17.4. The highest BCUT2D eigenvalue weighted by molar-refractivity contribution is 5.99. The van der Waals surface area contributed by atoms with Gasteiger partial charge in [0.2, 0.25) is 17.7 Å². The number of amides is 3. The molecule has 1 fully saturated rings. The molecular formula is C17H18N4O4. The first kappa shape index (κ1) is 16.8. The molecule has 1 atom stereocenters. The molecule has 1 aromatic carbocycles. The fourth-order valence-corrected chi connectivity index (χ4v) is 3.08. The molecule has 2 heterocycles. The van der Waals surface area contributed by atoms with Crippen molar-refractivity contribution in [3.63, 3.8) is 0 Å². The maximum atomic E-state index is 13.1. The summed E-state index contributed by atoms with van der Waals surface area (Å²) in [5.41, 5.74) is 0.790. The van der Waals surface area contributed by atoms with Crippen molar-refractivity contribution in [3.05, 3.63) is 39.9 Å². The largest absolute Gasteiger partial charge is 0.352 e. The fourth-order valence-electron chi connectivity index (χ4n) is 3.08. The number of fused-ring (bicyclic) bond motifs is 1. The molecule has 1 unspecified atom stereocenters. The van der Waals surface area contributed by atoms with Crippen LogP contribution in [0.4, 0.5) is 0 Å². The monoisotopic (exact) mass is 342 g/mol. The zero-order valence-corrected chi connectivity index (χ0v) is 14.0. The van der Waals surface area contributed by atoms with Crippen molar-refractivity contribution in [2.24, 2.45) is 0 Å². The Morgan fingerprint density at radius 3 is 2.80 bits per heavy atom. The minimum atomic E-state index is -0.768. The fraction of sp³-hybridized carbons (Fsp3) is 0.353. The molecule has 1 aromatic heterocycles. The van der Waals surface area contributed by atoms with E-state index in [2.05, 4.69) is 15.6 Å². The molecule has 0 saturated carbocycles. The molecule has 2 aromatic rings. The molecule has 3 amide bonds. The number of imide groups is 1. The van der Waals surface area contributed by atoms with Crippen LogP contribution in [0.1, 0.15) is 37.2 Å². The number of carbonyl (C=O) groups is 3. The van der Waals surface area contributed by atoms with Crippen LogP contribution in [0.25, 0.3) is 10.9 Å². The lowest BCUT2D eigenvalue weighted by Gasteiger charge is -2.24. The van der Waals surface area contributed by atoms with Gasteiger partial charge in [-0.3, -0.25) is 29.1 Å². The number of carbonyl (C=O) groups excluding carboxylic acids is 3. The summed E-state index contributed by atoms with van der Waals surface area (Å²) in [6.07, 6.45) is 0.431. The Hall–Kier alpha value is -3.03. The average Bonchev–Trinajstić information content (AvgIpc) is 2.54. The number of hydrogen-bond donors (Lipinski definition) is 2. The van der Waals surface area contributed by atoms with Gasteiger partial charge < -0.3 is 5.32 Å². The van der Waals surface area contributed by atoms with Gasteiger partial charge in [-0.1, -0.05) is 12.1 Å².